The monoisotopic (exact) mass is 367 g/mol. The van der Waals surface area contributed by atoms with E-state index in [1.807, 2.05) is 47.8 Å². The van der Waals surface area contributed by atoms with Crippen molar-refractivity contribution in [3.63, 3.8) is 0 Å². The van der Waals surface area contributed by atoms with E-state index in [4.69, 9.17) is 9.84 Å². The fraction of sp³-hybridized carbons (Fsp3) is 0.529. The summed E-state index contributed by atoms with van der Waals surface area (Å²) >= 11 is 3.92. The van der Waals surface area contributed by atoms with E-state index in [1.165, 1.54) is 23.5 Å². The highest BCUT2D eigenvalue weighted by molar-refractivity contribution is 8.16. The Morgan fingerprint density at radius 1 is 1.21 bits per heavy atom. The van der Waals surface area contributed by atoms with Gasteiger partial charge in [0.05, 0.1) is 4.58 Å². The predicted octanol–water partition coefficient (Wildman–Crippen LogP) is 2.91. The Balaban J connectivity index is 1.47. The second-order valence-electron chi connectivity index (χ2n) is 6.01. The summed E-state index contributed by atoms with van der Waals surface area (Å²) in [6.07, 6.45) is 2.98. The molecule has 1 aromatic rings. The summed E-state index contributed by atoms with van der Waals surface area (Å²) < 4.78 is 5.95. The van der Waals surface area contributed by atoms with Crippen molar-refractivity contribution in [2.75, 3.05) is 18.1 Å². The molecule has 130 valence electrons. The van der Waals surface area contributed by atoms with Gasteiger partial charge in [-0.3, -0.25) is 4.79 Å². The summed E-state index contributed by atoms with van der Waals surface area (Å²) in [5.74, 6) is 1.72. The van der Waals surface area contributed by atoms with Crippen LogP contribution in [-0.4, -0.2) is 41.1 Å². The number of carboxylic acid groups (broad SMARTS) is 1. The highest BCUT2D eigenvalue weighted by atomic mass is 32.2. The van der Waals surface area contributed by atoms with Gasteiger partial charge in [-0.05, 0) is 54.4 Å². The van der Waals surface area contributed by atoms with Gasteiger partial charge in [0.1, 0.15) is 11.8 Å². The molecule has 0 bridgehead atoms. The van der Waals surface area contributed by atoms with Crippen LogP contribution in [0.2, 0.25) is 0 Å². The molecule has 1 heterocycles. The Morgan fingerprint density at radius 3 is 2.46 bits per heavy atom. The van der Waals surface area contributed by atoms with Crippen LogP contribution in [0.1, 0.15) is 29.4 Å². The lowest BCUT2D eigenvalue weighted by Gasteiger charge is -2.21. The van der Waals surface area contributed by atoms with E-state index in [2.05, 4.69) is 5.32 Å². The van der Waals surface area contributed by atoms with E-state index >= 15 is 0 Å². The van der Waals surface area contributed by atoms with Gasteiger partial charge in [0, 0.05) is 0 Å². The number of hydrogen-bond acceptors (Lipinski definition) is 5. The van der Waals surface area contributed by atoms with Crippen LogP contribution in [-0.2, 0) is 9.59 Å². The zero-order valence-electron chi connectivity index (χ0n) is 13.3. The van der Waals surface area contributed by atoms with Gasteiger partial charge in [0.2, 0.25) is 0 Å². The minimum Gasteiger partial charge on any atom is -0.484 e. The van der Waals surface area contributed by atoms with Crippen molar-refractivity contribution in [1.82, 2.24) is 5.32 Å². The van der Waals surface area contributed by atoms with E-state index in [0.29, 0.717) is 10.3 Å². The quantitative estimate of drug-likeness (QED) is 0.772. The van der Waals surface area contributed by atoms with Gasteiger partial charge in [-0.15, -0.1) is 23.5 Å². The van der Waals surface area contributed by atoms with Crippen LogP contribution in [0, 0.1) is 5.92 Å². The largest absolute Gasteiger partial charge is 0.484 e. The zero-order chi connectivity index (χ0) is 16.9. The summed E-state index contributed by atoms with van der Waals surface area (Å²) in [6, 6.07) is 7.02. The van der Waals surface area contributed by atoms with Crippen LogP contribution in [0.5, 0.6) is 5.75 Å². The van der Waals surface area contributed by atoms with E-state index in [-0.39, 0.29) is 12.5 Å². The Hall–Kier alpha value is -1.34. The number of carboxylic acids is 1. The number of hydrogen-bond donors (Lipinski definition) is 2. The van der Waals surface area contributed by atoms with Gasteiger partial charge in [0.15, 0.2) is 6.61 Å². The first-order valence-electron chi connectivity index (χ1n) is 8.11. The number of thioether (sulfide) groups is 2. The molecule has 0 aromatic heterocycles. The number of rotatable bonds is 7. The molecule has 2 fully saturated rings. The standard InChI is InChI=1S/C17H21NO4S2/c19-14(18-15(16(20)21)11-2-3-11)10-22-13-6-4-12(5-7-13)17-23-8-1-9-24-17/h4-7,11,15,17H,1-3,8-10H2,(H,18,19)(H,20,21). The molecule has 1 amide bonds. The van der Waals surface area contributed by atoms with Crippen LogP contribution in [0.3, 0.4) is 0 Å². The highest BCUT2D eigenvalue weighted by Gasteiger charge is 2.37. The second-order valence-corrected chi connectivity index (χ2v) is 8.73. The van der Waals surface area contributed by atoms with Gasteiger partial charge in [-0.25, -0.2) is 4.79 Å². The van der Waals surface area contributed by atoms with E-state index in [0.717, 1.165) is 12.8 Å². The maximum atomic E-state index is 11.9. The molecule has 1 saturated heterocycles. The lowest BCUT2D eigenvalue weighted by Crippen LogP contribution is -2.44. The normalized spacial score (nSPS) is 19.5. The van der Waals surface area contributed by atoms with Gasteiger partial charge in [0.25, 0.3) is 5.91 Å². The Bertz CT molecular complexity index is 583. The van der Waals surface area contributed by atoms with Crippen LogP contribution < -0.4 is 10.1 Å². The smallest absolute Gasteiger partial charge is 0.326 e. The maximum Gasteiger partial charge on any atom is 0.326 e. The molecule has 24 heavy (non-hydrogen) atoms. The SMILES string of the molecule is O=C(COc1ccc(C2SCCCS2)cc1)NC(C(=O)O)C1CC1. The number of aliphatic carboxylic acids is 1. The van der Waals surface area contributed by atoms with Crippen molar-refractivity contribution in [1.29, 1.82) is 0 Å². The number of benzene rings is 1. The fourth-order valence-electron chi connectivity index (χ4n) is 2.58. The Morgan fingerprint density at radius 2 is 1.88 bits per heavy atom. The molecule has 1 aliphatic carbocycles. The minimum atomic E-state index is -0.974. The molecule has 1 saturated carbocycles. The zero-order valence-corrected chi connectivity index (χ0v) is 14.9. The molecule has 3 rings (SSSR count). The van der Waals surface area contributed by atoms with Crippen molar-refractivity contribution in [3.05, 3.63) is 29.8 Å². The number of carbonyl (C=O) groups excluding carboxylic acids is 1. The summed E-state index contributed by atoms with van der Waals surface area (Å²) in [4.78, 5) is 23.0. The molecule has 0 spiro atoms. The predicted molar refractivity (Wildman–Crippen MR) is 96.5 cm³/mol. The first-order valence-corrected chi connectivity index (χ1v) is 10.2. The molecular weight excluding hydrogens is 346 g/mol. The van der Waals surface area contributed by atoms with E-state index < -0.39 is 17.9 Å². The summed E-state index contributed by atoms with van der Waals surface area (Å²) in [5, 5.41) is 11.7. The third kappa shape index (κ3) is 4.83. The van der Waals surface area contributed by atoms with Gasteiger partial charge in [-0.2, -0.15) is 0 Å². The van der Waals surface area contributed by atoms with Crippen molar-refractivity contribution >= 4 is 35.4 Å². The Labute approximate surface area is 149 Å². The molecule has 0 radical (unpaired) electrons. The summed E-state index contributed by atoms with van der Waals surface area (Å²) in [6.45, 7) is -0.164. The second kappa shape index (κ2) is 8.16. The van der Waals surface area contributed by atoms with Gasteiger partial charge >= 0.3 is 5.97 Å². The maximum absolute atomic E-state index is 11.9. The van der Waals surface area contributed by atoms with Gasteiger partial charge in [-0.1, -0.05) is 12.1 Å². The topological polar surface area (TPSA) is 75.6 Å². The van der Waals surface area contributed by atoms with Crippen LogP contribution in [0.4, 0.5) is 0 Å². The van der Waals surface area contributed by atoms with Crippen molar-refractivity contribution < 1.29 is 19.4 Å². The van der Waals surface area contributed by atoms with E-state index in [9.17, 15) is 9.59 Å². The van der Waals surface area contributed by atoms with Crippen molar-refractivity contribution in [2.45, 2.75) is 29.9 Å². The summed E-state index contributed by atoms with van der Waals surface area (Å²) in [7, 11) is 0. The van der Waals surface area contributed by atoms with Crippen LogP contribution >= 0.6 is 23.5 Å². The van der Waals surface area contributed by atoms with E-state index in [1.54, 1.807) is 0 Å². The minimum absolute atomic E-state index is 0.0660. The van der Waals surface area contributed by atoms with Crippen LogP contribution in [0.15, 0.2) is 24.3 Å². The lowest BCUT2D eigenvalue weighted by atomic mass is 10.2. The molecule has 1 aromatic carbocycles. The average Bonchev–Trinajstić information content (AvgIpc) is 3.44. The molecule has 2 N–H and O–H groups in total. The average molecular weight is 367 g/mol. The lowest BCUT2D eigenvalue weighted by molar-refractivity contribution is -0.142. The molecule has 1 atom stereocenters. The number of amides is 1. The van der Waals surface area contributed by atoms with Crippen molar-refractivity contribution in [3.8, 4) is 5.75 Å². The van der Waals surface area contributed by atoms with Gasteiger partial charge < -0.3 is 15.2 Å². The fourth-order valence-corrected chi connectivity index (χ4v) is 5.47. The molecule has 2 aliphatic rings. The molecule has 5 nitrogen and oxygen atoms in total. The third-order valence-electron chi connectivity index (χ3n) is 4.03. The third-order valence-corrected chi connectivity index (χ3v) is 7.04. The molecule has 1 unspecified atom stereocenters. The first-order chi connectivity index (χ1) is 11.6. The van der Waals surface area contributed by atoms with Crippen molar-refractivity contribution in [2.24, 2.45) is 5.92 Å². The van der Waals surface area contributed by atoms with Crippen LogP contribution in [0.25, 0.3) is 0 Å². The number of nitrogens with one attached hydrogen (secondary N) is 1. The molecular formula is C17H21NO4S2. The number of carbonyl (C=O) groups is 2. The first kappa shape index (κ1) is 17.5. The Kier molecular flexibility index (Phi) is 5.94. The number of ether oxygens (including phenoxy) is 1. The molecule has 1 aliphatic heterocycles. The highest BCUT2D eigenvalue weighted by Crippen LogP contribution is 2.43. The molecule has 7 heteroatoms. The summed E-state index contributed by atoms with van der Waals surface area (Å²) in [5.41, 5.74) is 1.26.